The molecule has 0 aromatic heterocycles. The van der Waals surface area contributed by atoms with Gasteiger partial charge in [-0.2, -0.15) is 0 Å². The zero-order valence-corrected chi connectivity index (χ0v) is 6.39. The van der Waals surface area contributed by atoms with Gasteiger partial charge in [-0.3, -0.25) is 0 Å². The Morgan fingerprint density at radius 3 is 2.60 bits per heavy atom. The highest BCUT2D eigenvalue weighted by atomic mass is 16.5. The average Bonchev–Trinajstić information content (AvgIpc) is 1.87. The van der Waals surface area contributed by atoms with Gasteiger partial charge in [0.1, 0.15) is 0 Å². The zero-order valence-electron chi connectivity index (χ0n) is 6.39. The molecule has 0 aromatic rings. The van der Waals surface area contributed by atoms with Gasteiger partial charge in [0.25, 0.3) is 0 Å². The van der Waals surface area contributed by atoms with E-state index in [9.17, 15) is 0 Å². The highest BCUT2D eigenvalue weighted by Crippen LogP contribution is 2.25. The zero-order chi connectivity index (χ0) is 7.45. The molecule has 1 aliphatic heterocycles. The second kappa shape index (κ2) is 3.32. The Bertz CT molecular complexity index is 96.3. The minimum Gasteiger partial charge on any atom is -0.396 e. The summed E-state index contributed by atoms with van der Waals surface area (Å²) in [6, 6.07) is 0. The predicted molar refractivity (Wildman–Crippen MR) is 38.9 cm³/mol. The highest BCUT2D eigenvalue weighted by molar-refractivity contribution is 4.86. The predicted octanol–water partition coefficient (Wildman–Crippen LogP) is -0.395. The van der Waals surface area contributed by atoms with Crippen LogP contribution in [0.5, 0.6) is 0 Å². The summed E-state index contributed by atoms with van der Waals surface area (Å²) in [5.74, 6) is 0. The number of rotatable bonds is 4. The third kappa shape index (κ3) is 1.48. The van der Waals surface area contributed by atoms with Crippen LogP contribution in [-0.2, 0) is 4.74 Å². The van der Waals surface area contributed by atoms with Crippen molar-refractivity contribution in [1.29, 1.82) is 0 Å². The lowest BCUT2D eigenvalue weighted by Crippen LogP contribution is -2.52. The second-order valence-electron chi connectivity index (χ2n) is 2.93. The molecule has 60 valence electrons. The lowest BCUT2D eigenvalue weighted by atomic mass is 9.87. The number of aliphatic hydroxyl groups is 1. The first-order valence-electron chi connectivity index (χ1n) is 3.72. The molecule has 2 N–H and O–H groups in total. The Hall–Kier alpha value is -0.120. The third-order valence-corrected chi connectivity index (χ3v) is 1.90. The number of nitrogens with one attached hydrogen (secondary N) is 1. The van der Waals surface area contributed by atoms with Crippen molar-refractivity contribution in [2.75, 3.05) is 32.9 Å². The molecule has 0 radical (unpaired) electrons. The van der Waals surface area contributed by atoms with E-state index in [4.69, 9.17) is 9.84 Å². The Morgan fingerprint density at radius 1 is 1.60 bits per heavy atom. The summed E-state index contributed by atoms with van der Waals surface area (Å²) in [6.07, 6.45) is 0. The number of ether oxygens (including phenoxy) is 1. The van der Waals surface area contributed by atoms with Gasteiger partial charge >= 0.3 is 0 Å². The molecule has 0 amide bonds. The number of aliphatic hydroxyl groups excluding tert-OH is 1. The van der Waals surface area contributed by atoms with Gasteiger partial charge in [-0.05, 0) is 6.54 Å². The summed E-state index contributed by atoms with van der Waals surface area (Å²) < 4.78 is 5.03. The third-order valence-electron chi connectivity index (χ3n) is 1.90. The molecule has 0 saturated carbocycles. The van der Waals surface area contributed by atoms with Crippen LogP contribution in [0.1, 0.15) is 6.92 Å². The van der Waals surface area contributed by atoms with Crippen molar-refractivity contribution in [3.63, 3.8) is 0 Å². The molecule has 0 aliphatic carbocycles. The molecule has 1 saturated heterocycles. The van der Waals surface area contributed by atoms with Crippen LogP contribution in [0.2, 0.25) is 0 Å². The van der Waals surface area contributed by atoms with E-state index in [0.717, 1.165) is 13.1 Å². The second-order valence-corrected chi connectivity index (χ2v) is 2.93. The standard InChI is InChI=1S/C7H15NO2/c1-2-8-3-7(4-9)5-10-6-7/h8-9H,2-6H2,1H3. The monoisotopic (exact) mass is 145 g/mol. The molecule has 0 aromatic carbocycles. The van der Waals surface area contributed by atoms with Gasteiger partial charge in [0.05, 0.1) is 25.2 Å². The molecule has 1 fully saturated rings. The first-order valence-corrected chi connectivity index (χ1v) is 3.72. The smallest absolute Gasteiger partial charge is 0.0579 e. The quantitative estimate of drug-likeness (QED) is 0.566. The maximum atomic E-state index is 8.94. The fraction of sp³-hybridized carbons (Fsp3) is 1.00. The van der Waals surface area contributed by atoms with E-state index in [1.165, 1.54) is 0 Å². The van der Waals surface area contributed by atoms with Gasteiger partial charge < -0.3 is 15.2 Å². The van der Waals surface area contributed by atoms with Crippen LogP contribution in [0.3, 0.4) is 0 Å². The number of hydrogen-bond donors (Lipinski definition) is 2. The lowest BCUT2D eigenvalue weighted by molar-refractivity contribution is -0.134. The fourth-order valence-corrected chi connectivity index (χ4v) is 1.03. The van der Waals surface area contributed by atoms with Crippen LogP contribution >= 0.6 is 0 Å². The van der Waals surface area contributed by atoms with Gasteiger partial charge in [-0.15, -0.1) is 0 Å². The van der Waals surface area contributed by atoms with Crippen LogP contribution in [0.4, 0.5) is 0 Å². The van der Waals surface area contributed by atoms with Crippen LogP contribution in [0, 0.1) is 5.41 Å². The molecule has 3 heteroatoms. The first kappa shape index (κ1) is 7.98. The maximum absolute atomic E-state index is 8.94. The maximum Gasteiger partial charge on any atom is 0.0579 e. The Morgan fingerprint density at radius 2 is 2.30 bits per heavy atom. The lowest BCUT2D eigenvalue weighted by Gasteiger charge is -2.39. The molecular weight excluding hydrogens is 130 g/mol. The van der Waals surface area contributed by atoms with E-state index in [2.05, 4.69) is 12.2 Å². The summed E-state index contributed by atoms with van der Waals surface area (Å²) in [5.41, 5.74) is 0.0377. The van der Waals surface area contributed by atoms with Crippen molar-refractivity contribution in [3.05, 3.63) is 0 Å². The molecule has 1 aliphatic rings. The summed E-state index contributed by atoms with van der Waals surface area (Å²) in [6.45, 7) is 5.54. The Kier molecular flexibility index (Phi) is 2.65. The van der Waals surface area contributed by atoms with E-state index in [1.807, 2.05) is 0 Å². The summed E-state index contributed by atoms with van der Waals surface area (Å²) >= 11 is 0. The molecule has 3 nitrogen and oxygen atoms in total. The molecule has 1 heterocycles. The number of hydrogen-bond acceptors (Lipinski definition) is 3. The molecular formula is C7H15NO2. The molecule has 10 heavy (non-hydrogen) atoms. The van der Waals surface area contributed by atoms with Crippen LogP contribution in [0.25, 0.3) is 0 Å². The summed E-state index contributed by atoms with van der Waals surface area (Å²) in [7, 11) is 0. The Labute approximate surface area is 61.4 Å². The van der Waals surface area contributed by atoms with Crippen molar-refractivity contribution in [2.45, 2.75) is 6.92 Å². The van der Waals surface area contributed by atoms with Crippen molar-refractivity contribution in [1.82, 2.24) is 5.32 Å². The average molecular weight is 145 g/mol. The van der Waals surface area contributed by atoms with E-state index >= 15 is 0 Å². The first-order chi connectivity index (χ1) is 4.83. The van der Waals surface area contributed by atoms with Crippen LogP contribution in [-0.4, -0.2) is 38.0 Å². The molecule has 1 rings (SSSR count). The molecule has 0 atom stereocenters. The minimum absolute atomic E-state index is 0.0377. The van der Waals surface area contributed by atoms with Gasteiger partial charge in [0.2, 0.25) is 0 Å². The van der Waals surface area contributed by atoms with Gasteiger partial charge in [-0.25, -0.2) is 0 Å². The van der Waals surface area contributed by atoms with Crippen LogP contribution < -0.4 is 5.32 Å². The summed E-state index contributed by atoms with van der Waals surface area (Å²) in [4.78, 5) is 0. The van der Waals surface area contributed by atoms with E-state index in [0.29, 0.717) is 13.2 Å². The van der Waals surface area contributed by atoms with Crippen LogP contribution in [0.15, 0.2) is 0 Å². The van der Waals surface area contributed by atoms with Gasteiger partial charge in [-0.1, -0.05) is 6.92 Å². The van der Waals surface area contributed by atoms with Crippen molar-refractivity contribution < 1.29 is 9.84 Å². The molecule has 0 unspecified atom stereocenters. The van der Waals surface area contributed by atoms with Gasteiger partial charge in [0.15, 0.2) is 0 Å². The topological polar surface area (TPSA) is 41.5 Å². The normalized spacial score (nSPS) is 22.2. The van der Waals surface area contributed by atoms with Crippen molar-refractivity contribution in [2.24, 2.45) is 5.41 Å². The van der Waals surface area contributed by atoms with Crippen molar-refractivity contribution >= 4 is 0 Å². The van der Waals surface area contributed by atoms with E-state index in [1.54, 1.807) is 0 Å². The minimum atomic E-state index is 0.0377. The molecule has 0 bridgehead atoms. The summed E-state index contributed by atoms with van der Waals surface area (Å²) in [5, 5.41) is 12.1. The van der Waals surface area contributed by atoms with Gasteiger partial charge in [0, 0.05) is 6.54 Å². The van der Waals surface area contributed by atoms with E-state index < -0.39 is 0 Å². The fourth-order valence-electron chi connectivity index (χ4n) is 1.03. The Balaban J connectivity index is 2.20. The van der Waals surface area contributed by atoms with E-state index in [-0.39, 0.29) is 12.0 Å². The largest absolute Gasteiger partial charge is 0.396 e. The highest BCUT2D eigenvalue weighted by Gasteiger charge is 2.37. The molecule has 0 spiro atoms. The van der Waals surface area contributed by atoms with Crippen molar-refractivity contribution in [3.8, 4) is 0 Å². The SMILES string of the molecule is CCNCC1(CO)COC1.